The van der Waals surface area contributed by atoms with Crippen LogP contribution in [0.1, 0.15) is 16.7 Å². The van der Waals surface area contributed by atoms with Crippen molar-refractivity contribution < 1.29 is 26.4 Å². The molecule has 0 saturated heterocycles. The standard InChI is InChI=1S/C25H24ClF3N2O3S2/c1-18-7-9-19(10-8-18)17-35-14-13-30-24(32)16-31(36(33,34)21-5-3-2-4-6-21)20-11-12-23(26)22(15-20)25(27,28)29/h2-12,15H,13-14,16-17H2,1H3,(H,30,32). The van der Waals surface area contributed by atoms with Crippen LogP contribution in [-0.2, 0) is 26.7 Å². The zero-order valence-electron chi connectivity index (χ0n) is 19.3. The molecule has 5 nitrogen and oxygen atoms in total. The van der Waals surface area contributed by atoms with Gasteiger partial charge in [0.25, 0.3) is 10.0 Å². The Labute approximate surface area is 217 Å². The largest absolute Gasteiger partial charge is 0.417 e. The molecule has 0 saturated carbocycles. The third-order valence-electron chi connectivity index (χ3n) is 5.12. The fourth-order valence-electron chi connectivity index (χ4n) is 3.24. The second kappa shape index (κ2) is 12.0. The Morgan fingerprint density at radius 2 is 1.69 bits per heavy atom. The van der Waals surface area contributed by atoms with Crippen LogP contribution in [0.3, 0.4) is 0 Å². The van der Waals surface area contributed by atoms with Crippen molar-refractivity contribution in [2.24, 2.45) is 0 Å². The van der Waals surface area contributed by atoms with Crippen molar-refractivity contribution in [1.29, 1.82) is 0 Å². The average molecular weight is 557 g/mol. The Morgan fingerprint density at radius 3 is 2.33 bits per heavy atom. The van der Waals surface area contributed by atoms with Crippen molar-refractivity contribution in [2.45, 2.75) is 23.7 Å². The molecular weight excluding hydrogens is 533 g/mol. The van der Waals surface area contributed by atoms with Crippen LogP contribution < -0.4 is 9.62 Å². The third kappa shape index (κ3) is 7.41. The molecule has 0 atom stereocenters. The molecule has 3 aromatic rings. The zero-order valence-corrected chi connectivity index (χ0v) is 21.6. The van der Waals surface area contributed by atoms with Gasteiger partial charge in [0.05, 0.1) is 21.2 Å². The molecule has 0 radical (unpaired) electrons. The first-order chi connectivity index (χ1) is 17.0. The third-order valence-corrected chi connectivity index (χ3v) is 8.27. The van der Waals surface area contributed by atoms with Gasteiger partial charge in [0.1, 0.15) is 6.54 Å². The van der Waals surface area contributed by atoms with Gasteiger partial charge in [-0.25, -0.2) is 8.42 Å². The Bertz CT molecular complexity index is 1290. The summed E-state index contributed by atoms with van der Waals surface area (Å²) in [6.45, 7) is 1.57. The van der Waals surface area contributed by atoms with E-state index in [4.69, 9.17) is 11.6 Å². The lowest BCUT2D eigenvalue weighted by Gasteiger charge is -2.25. The number of anilines is 1. The summed E-state index contributed by atoms with van der Waals surface area (Å²) in [7, 11) is -4.34. The van der Waals surface area contributed by atoms with Gasteiger partial charge < -0.3 is 5.32 Å². The fraction of sp³-hybridized carbons (Fsp3) is 0.240. The van der Waals surface area contributed by atoms with Crippen LogP contribution >= 0.6 is 23.4 Å². The van der Waals surface area contributed by atoms with Crippen LogP contribution in [0.5, 0.6) is 0 Å². The molecule has 1 N–H and O–H groups in total. The molecule has 0 bridgehead atoms. The Hall–Kier alpha value is -2.69. The van der Waals surface area contributed by atoms with E-state index in [1.165, 1.54) is 24.3 Å². The molecule has 1 amide bonds. The number of alkyl halides is 3. The number of hydrogen-bond acceptors (Lipinski definition) is 4. The Morgan fingerprint density at radius 1 is 1.03 bits per heavy atom. The minimum absolute atomic E-state index is 0.157. The highest BCUT2D eigenvalue weighted by Crippen LogP contribution is 2.38. The highest BCUT2D eigenvalue weighted by molar-refractivity contribution is 7.98. The number of nitrogens with one attached hydrogen (secondary N) is 1. The van der Waals surface area contributed by atoms with Crippen LogP contribution in [0, 0.1) is 6.92 Å². The maximum Gasteiger partial charge on any atom is 0.417 e. The van der Waals surface area contributed by atoms with Crippen molar-refractivity contribution in [2.75, 3.05) is 23.1 Å². The van der Waals surface area contributed by atoms with Crippen molar-refractivity contribution in [3.8, 4) is 0 Å². The number of benzene rings is 3. The van der Waals surface area contributed by atoms with E-state index >= 15 is 0 Å². The van der Waals surface area contributed by atoms with Crippen molar-refractivity contribution in [1.82, 2.24) is 5.32 Å². The number of halogens is 4. The molecule has 3 aromatic carbocycles. The van der Waals surface area contributed by atoms with Gasteiger partial charge in [0.15, 0.2) is 0 Å². The average Bonchev–Trinajstić information content (AvgIpc) is 2.84. The summed E-state index contributed by atoms with van der Waals surface area (Å²) >= 11 is 7.30. The van der Waals surface area contributed by atoms with Gasteiger partial charge in [-0.15, -0.1) is 0 Å². The summed E-state index contributed by atoms with van der Waals surface area (Å²) in [4.78, 5) is 12.5. The topological polar surface area (TPSA) is 66.5 Å². The lowest BCUT2D eigenvalue weighted by molar-refractivity contribution is -0.137. The van der Waals surface area contributed by atoms with Crippen LogP contribution in [0.2, 0.25) is 5.02 Å². The summed E-state index contributed by atoms with van der Waals surface area (Å²) in [5.74, 6) is 0.675. The number of rotatable bonds is 10. The molecule has 36 heavy (non-hydrogen) atoms. The summed E-state index contributed by atoms with van der Waals surface area (Å²) in [6, 6.07) is 18.0. The molecule has 11 heteroatoms. The van der Waals surface area contributed by atoms with E-state index in [-0.39, 0.29) is 17.1 Å². The van der Waals surface area contributed by atoms with Gasteiger partial charge in [0.2, 0.25) is 5.91 Å². The number of sulfonamides is 1. The minimum atomic E-state index is -4.80. The van der Waals surface area contributed by atoms with E-state index in [9.17, 15) is 26.4 Å². The fourth-order valence-corrected chi connectivity index (χ4v) is 5.72. The molecule has 0 unspecified atom stereocenters. The van der Waals surface area contributed by atoms with Crippen LogP contribution in [0.4, 0.5) is 18.9 Å². The summed E-state index contributed by atoms with van der Waals surface area (Å²) < 4.78 is 67.5. The number of carbonyl (C=O) groups excluding carboxylic acids is 1. The van der Waals surface area contributed by atoms with Gasteiger partial charge >= 0.3 is 6.18 Å². The predicted octanol–water partition coefficient (Wildman–Crippen LogP) is 5.91. The maximum absolute atomic E-state index is 13.4. The van der Waals surface area contributed by atoms with Gasteiger partial charge in [-0.2, -0.15) is 24.9 Å². The van der Waals surface area contributed by atoms with Crippen LogP contribution in [-0.4, -0.2) is 33.2 Å². The molecule has 0 aliphatic rings. The van der Waals surface area contributed by atoms with Crippen LogP contribution in [0.25, 0.3) is 0 Å². The number of carbonyl (C=O) groups is 1. The zero-order chi connectivity index (χ0) is 26.3. The monoisotopic (exact) mass is 556 g/mol. The Balaban J connectivity index is 1.73. The van der Waals surface area contributed by atoms with Crippen molar-refractivity contribution >= 4 is 45.0 Å². The van der Waals surface area contributed by atoms with Gasteiger partial charge in [0, 0.05) is 18.1 Å². The number of hydrogen-bond donors (Lipinski definition) is 1. The molecule has 3 rings (SSSR count). The van der Waals surface area contributed by atoms with Crippen LogP contribution in [0.15, 0.2) is 77.7 Å². The number of amides is 1. The van der Waals surface area contributed by atoms with Gasteiger partial charge in [-0.05, 0) is 42.8 Å². The molecule has 0 aromatic heterocycles. The number of aryl methyl sites for hydroxylation is 1. The predicted molar refractivity (Wildman–Crippen MR) is 138 cm³/mol. The second-order valence-corrected chi connectivity index (χ2v) is 11.2. The quantitative estimate of drug-likeness (QED) is 0.315. The molecule has 0 aliphatic heterocycles. The molecule has 0 aliphatic carbocycles. The minimum Gasteiger partial charge on any atom is -0.354 e. The van der Waals surface area contributed by atoms with E-state index in [2.05, 4.69) is 5.32 Å². The number of thioether (sulfide) groups is 1. The van der Waals surface area contributed by atoms with Gasteiger partial charge in [-0.1, -0.05) is 59.6 Å². The normalized spacial score (nSPS) is 11.8. The summed E-state index contributed by atoms with van der Waals surface area (Å²) in [6.07, 6.45) is -4.80. The lowest BCUT2D eigenvalue weighted by atomic mass is 10.2. The first-order valence-electron chi connectivity index (χ1n) is 10.8. The first kappa shape index (κ1) is 27.9. The van der Waals surface area contributed by atoms with E-state index in [0.29, 0.717) is 16.1 Å². The van der Waals surface area contributed by atoms with E-state index in [1.54, 1.807) is 17.8 Å². The Kier molecular flexibility index (Phi) is 9.32. The van der Waals surface area contributed by atoms with E-state index in [1.807, 2.05) is 31.2 Å². The molecule has 192 valence electrons. The second-order valence-electron chi connectivity index (χ2n) is 7.87. The molecular formula is C25H24ClF3N2O3S2. The molecule has 0 spiro atoms. The first-order valence-corrected chi connectivity index (χ1v) is 13.8. The van der Waals surface area contributed by atoms with Crippen molar-refractivity contribution in [3.63, 3.8) is 0 Å². The summed E-state index contributed by atoms with van der Waals surface area (Å²) in [5.41, 5.74) is 0.789. The summed E-state index contributed by atoms with van der Waals surface area (Å²) in [5, 5.41) is 2.07. The molecule has 0 fully saturated rings. The maximum atomic E-state index is 13.4. The smallest absolute Gasteiger partial charge is 0.354 e. The lowest BCUT2D eigenvalue weighted by Crippen LogP contribution is -2.41. The molecule has 0 heterocycles. The SMILES string of the molecule is Cc1ccc(CSCCNC(=O)CN(c2ccc(Cl)c(C(F)(F)F)c2)S(=O)(=O)c2ccccc2)cc1. The van der Waals surface area contributed by atoms with E-state index < -0.39 is 39.2 Å². The van der Waals surface area contributed by atoms with E-state index in [0.717, 1.165) is 29.0 Å². The van der Waals surface area contributed by atoms with Crippen molar-refractivity contribution in [3.05, 3.63) is 94.5 Å². The highest BCUT2D eigenvalue weighted by Gasteiger charge is 2.35. The number of nitrogens with zero attached hydrogens (tertiary/aromatic N) is 1. The van der Waals surface area contributed by atoms with Gasteiger partial charge in [-0.3, -0.25) is 9.10 Å². The highest BCUT2D eigenvalue weighted by atomic mass is 35.5.